The number of nitrogens with one attached hydrogen (secondary N) is 3. The Bertz CT molecular complexity index is 1060. The van der Waals surface area contributed by atoms with E-state index in [1.165, 1.54) is 18.4 Å². The minimum absolute atomic E-state index is 0.0373. The maximum Gasteiger partial charge on any atom is 0.251 e. The molecule has 9 nitrogen and oxygen atoms in total. The average Bonchev–Trinajstić information content (AvgIpc) is 3.36. The average molecular weight is 396 g/mol. The van der Waals surface area contributed by atoms with Crippen molar-refractivity contribution >= 4 is 40.7 Å². The van der Waals surface area contributed by atoms with E-state index in [0.717, 1.165) is 4.88 Å². The fourth-order valence-corrected chi connectivity index (χ4v) is 3.71. The lowest BCUT2D eigenvalue weighted by molar-refractivity contribution is -0.125. The van der Waals surface area contributed by atoms with Crippen LogP contribution in [-0.2, 0) is 9.59 Å². The maximum atomic E-state index is 13.0. The lowest BCUT2D eigenvalue weighted by Crippen LogP contribution is -2.35. The summed E-state index contributed by atoms with van der Waals surface area (Å²) in [5.74, 6) is -0.197. The van der Waals surface area contributed by atoms with E-state index in [4.69, 9.17) is 0 Å². The fourth-order valence-electron chi connectivity index (χ4n) is 3.01. The Morgan fingerprint density at radius 1 is 1.25 bits per heavy atom. The minimum atomic E-state index is -0.806. The van der Waals surface area contributed by atoms with Crippen LogP contribution in [0.3, 0.4) is 0 Å². The van der Waals surface area contributed by atoms with Crippen molar-refractivity contribution in [3.8, 4) is 10.7 Å². The summed E-state index contributed by atoms with van der Waals surface area (Å²) < 4.78 is 1.63. The molecule has 10 heteroatoms. The van der Waals surface area contributed by atoms with Crippen molar-refractivity contribution in [3.63, 3.8) is 0 Å². The second kappa shape index (κ2) is 7.24. The van der Waals surface area contributed by atoms with Gasteiger partial charge in [0.05, 0.1) is 11.3 Å². The van der Waals surface area contributed by atoms with E-state index in [0.29, 0.717) is 17.1 Å². The van der Waals surface area contributed by atoms with Gasteiger partial charge in [0.1, 0.15) is 6.04 Å². The Kier molecular flexibility index (Phi) is 4.62. The number of thiophene rings is 1. The Balaban J connectivity index is 1.65. The second-order valence-electron chi connectivity index (χ2n) is 6.11. The number of rotatable bonds is 4. The molecule has 4 rings (SSSR count). The minimum Gasteiger partial charge on any atom is -0.355 e. The van der Waals surface area contributed by atoms with Crippen molar-refractivity contribution in [2.45, 2.75) is 12.5 Å². The smallest absolute Gasteiger partial charge is 0.251 e. The number of aromatic nitrogens is 3. The van der Waals surface area contributed by atoms with E-state index in [1.54, 1.807) is 28.8 Å². The molecule has 0 aliphatic carbocycles. The molecule has 0 fully saturated rings. The first kappa shape index (κ1) is 17.9. The zero-order valence-electron chi connectivity index (χ0n) is 14.8. The van der Waals surface area contributed by atoms with Crippen LogP contribution in [0.5, 0.6) is 0 Å². The van der Waals surface area contributed by atoms with Crippen LogP contribution in [0.15, 0.2) is 41.8 Å². The van der Waals surface area contributed by atoms with Gasteiger partial charge in [0, 0.05) is 18.3 Å². The predicted octanol–water partition coefficient (Wildman–Crippen LogP) is 1.89. The number of anilines is 2. The Morgan fingerprint density at radius 2 is 2.11 bits per heavy atom. The van der Waals surface area contributed by atoms with Crippen molar-refractivity contribution < 1.29 is 14.4 Å². The molecule has 142 valence electrons. The summed E-state index contributed by atoms with van der Waals surface area (Å²) in [5, 5.41) is 18.0. The van der Waals surface area contributed by atoms with Crippen LogP contribution in [0.4, 0.5) is 11.6 Å². The lowest BCUT2D eigenvalue weighted by Gasteiger charge is -2.24. The van der Waals surface area contributed by atoms with E-state index in [-0.39, 0.29) is 30.1 Å². The van der Waals surface area contributed by atoms with Crippen LogP contribution in [0.1, 0.15) is 22.8 Å². The van der Waals surface area contributed by atoms with Crippen LogP contribution in [0, 0.1) is 0 Å². The quantitative estimate of drug-likeness (QED) is 0.622. The van der Waals surface area contributed by atoms with Gasteiger partial charge in [0.15, 0.2) is 5.82 Å². The molecule has 1 atom stereocenters. The predicted molar refractivity (Wildman–Crippen MR) is 104 cm³/mol. The molecule has 0 saturated heterocycles. The fraction of sp³-hybridized carbons (Fsp3) is 0.167. The number of amides is 3. The lowest BCUT2D eigenvalue weighted by atomic mass is 10.1. The Labute approximate surface area is 163 Å². The van der Waals surface area contributed by atoms with Crippen molar-refractivity contribution in [1.82, 2.24) is 20.1 Å². The molecule has 3 amide bonds. The van der Waals surface area contributed by atoms with Crippen molar-refractivity contribution in [2.75, 3.05) is 17.7 Å². The highest BCUT2D eigenvalue weighted by Gasteiger charge is 2.34. The van der Waals surface area contributed by atoms with Crippen LogP contribution in [0.25, 0.3) is 10.7 Å². The third-order valence-electron chi connectivity index (χ3n) is 4.30. The van der Waals surface area contributed by atoms with Gasteiger partial charge < -0.3 is 10.6 Å². The van der Waals surface area contributed by atoms with E-state index in [2.05, 4.69) is 26.1 Å². The maximum absolute atomic E-state index is 13.0. The number of fused-ring (bicyclic) bond motifs is 1. The standard InChI is InChI=1S/C18H16N6O3S/c1-19-16(26)10-4-2-5-11(8-10)20-17(27)12-9-14(25)21-18-23-22-15(24(12)18)13-6-3-7-28-13/h2-8,12H,9H2,1H3,(H,19,26)(H,20,27)(H,21,23,25)/t12-/m1/s1. The third-order valence-corrected chi connectivity index (χ3v) is 5.17. The molecule has 0 spiro atoms. The van der Waals surface area contributed by atoms with Gasteiger partial charge in [-0.15, -0.1) is 21.5 Å². The van der Waals surface area contributed by atoms with Crippen LogP contribution < -0.4 is 16.0 Å². The first-order valence-corrected chi connectivity index (χ1v) is 9.36. The van der Waals surface area contributed by atoms with Crippen molar-refractivity contribution in [1.29, 1.82) is 0 Å². The monoisotopic (exact) mass is 396 g/mol. The van der Waals surface area contributed by atoms with Crippen LogP contribution in [0.2, 0.25) is 0 Å². The highest BCUT2D eigenvalue weighted by atomic mass is 32.1. The Morgan fingerprint density at radius 3 is 2.86 bits per heavy atom. The summed E-state index contributed by atoms with van der Waals surface area (Å²) in [6.07, 6.45) is -0.0373. The van der Waals surface area contributed by atoms with Gasteiger partial charge in [0.2, 0.25) is 17.8 Å². The first-order chi connectivity index (χ1) is 13.6. The largest absolute Gasteiger partial charge is 0.355 e. The summed E-state index contributed by atoms with van der Waals surface area (Å²) in [4.78, 5) is 37.7. The molecule has 0 radical (unpaired) electrons. The highest BCUT2D eigenvalue weighted by molar-refractivity contribution is 7.13. The van der Waals surface area contributed by atoms with E-state index < -0.39 is 6.04 Å². The Hall–Kier alpha value is -3.53. The van der Waals surface area contributed by atoms with Gasteiger partial charge in [-0.2, -0.15) is 0 Å². The molecule has 0 bridgehead atoms. The molecule has 1 aliphatic heterocycles. The summed E-state index contributed by atoms with van der Waals surface area (Å²) in [7, 11) is 1.54. The summed E-state index contributed by atoms with van der Waals surface area (Å²) in [6, 6.07) is 9.53. The second-order valence-corrected chi connectivity index (χ2v) is 7.06. The first-order valence-electron chi connectivity index (χ1n) is 8.48. The number of carbonyl (C=O) groups is 3. The molecule has 3 N–H and O–H groups in total. The number of benzene rings is 1. The number of nitrogens with zero attached hydrogens (tertiary/aromatic N) is 3. The van der Waals surface area contributed by atoms with Crippen LogP contribution >= 0.6 is 11.3 Å². The molecular weight excluding hydrogens is 380 g/mol. The summed E-state index contributed by atoms with van der Waals surface area (Å²) >= 11 is 1.47. The molecule has 3 aromatic rings. The van der Waals surface area contributed by atoms with Gasteiger partial charge in [-0.1, -0.05) is 12.1 Å². The molecule has 0 saturated carbocycles. The van der Waals surface area contributed by atoms with Gasteiger partial charge in [-0.05, 0) is 29.6 Å². The van der Waals surface area contributed by atoms with Gasteiger partial charge in [-0.3, -0.25) is 24.3 Å². The molecular formula is C18H16N6O3S. The number of carbonyl (C=O) groups excluding carboxylic acids is 3. The molecule has 1 aliphatic rings. The van der Waals surface area contributed by atoms with Crippen molar-refractivity contribution in [2.24, 2.45) is 0 Å². The molecule has 3 heterocycles. The van der Waals surface area contributed by atoms with Gasteiger partial charge in [-0.25, -0.2) is 0 Å². The zero-order valence-corrected chi connectivity index (χ0v) is 15.6. The van der Waals surface area contributed by atoms with E-state index in [1.807, 2.05) is 17.5 Å². The topological polar surface area (TPSA) is 118 Å². The molecule has 2 aromatic heterocycles. The zero-order chi connectivity index (χ0) is 19.7. The molecule has 0 unspecified atom stereocenters. The number of hydrogen-bond acceptors (Lipinski definition) is 6. The molecule has 28 heavy (non-hydrogen) atoms. The van der Waals surface area contributed by atoms with E-state index >= 15 is 0 Å². The highest BCUT2D eigenvalue weighted by Crippen LogP contribution is 2.33. The third kappa shape index (κ3) is 3.25. The molecule has 1 aromatic carbocycles. The summed E-state index contributed by atoms with van der Waals surface area (Å²) in [6.45, 7) is 0. The van der Waals surface area contributed by atoms with Crippen LogP contribution in [-0.4, -0.2) is 39.5 Å². The SMILES string of the molecule is CNC(=O)c1cccc(NC(=O)[C@H]2CC(=O)Nc3nnc(-c4cccs4)n32)c1. The van der Waals surface area contributed by atoms with Gasteiger partial charge in [0.25, 0.3) is 5.91 Å². The number of hydrogen-bond donors (Lipinski definition) is 3. The normalized spacial score (nSPS) is 15.5. The van der Waals surface area contributed by atoms with E-state index in [9.17, 15) is 14.4 Å². The van der Waals surface area contributed by atoms with Crippen molar-refractivity contribution in [3.05, 3.63) is 47.3 Å². The summed E-state index contributed by atoms with van der Waals surface area (Å²) in [5.41, 5.74) is 0.885. The van der Waals surface area contributed by atoms with Gasteiger partial charge >= 0.3 is 0 Å².